The predicted molar refractivity (Wildman–Crippen MR) is 115 cm³/mol. The van der Waals surface area contributed by atoms with Crippen LogP contribution < -0.4 is 5.32 Å². The molecule has 4 rings (SSSR count). The molecule has 0 bridgehead atoms. The molecule has 1 aliphatic rings. The van der Waals surface area contributed by atoms with Crippen LogP contribution in [0.4, 0.5) is 0 Å². The van der Waals surface area contributed by atoms with Crippen molar-refractivity contribution < 1.29 is 4.79 Å². The number of benzene rings is 2. The van der Waals surface area contributed by atoms with Crippen molar-refractivity contribution in [2.45, 2.75) is 23.8 Å². The monoisotopic (exact) mass is 394 g/mol. The Morgan fingerprint density at radius 3 is 2.93 bits per heavy atom. The number of carbonyl (C=O) groups excluding carboxylic acids is 1. The number of likely N-dealkylation sites (tertiary alicyclic amines) is 1. The van der Waals surface area contributed by atoms with Gasteiger partial charge in [-0.15, -0.1) is 0 Å². The van der Waals surface area contributed by atoms with Crippen molar-refractivity contribution in [3.63, 3.8) is 0 Å². The zero-order valence-electron chi connectivity index (χ0n) is 16.1. The number of nitrogens with zero attached hydrogens (tertiary/aromatic N) is 2. The molecule has 1 unspecified atom stereocenters. The van der Waals surface area contributed by atoms with Gasteiger partial charge in [-0.3, -0.25) is 4.79 Å². The minimum Gasteiger partial charge on any atom is -0.338 e. The number of fused-ring (bicyclic) bond motifs is 1. The van der Waals surface area contributed by atoms with E-state index < -0.39 is 0 Å². The van der Waals surface area contributed by atoms with Gasteiger partial charge in [0, 0.05) is 24.4 Å². The summed E-state index contributed by atoms with van der Waals surface area (Å²) in [6.45, 7) is 2.65. The van der Waals surface area contributed by atoms with Gasteiger partial charge in [-0.2, -0.15) is 0 Å². The number of aromatic amines is 1. The summed E-state index contributed by atoms with van der Waals surface area (Å²) in [6, 6.07) is 16.0. The van der Waals surface area contributed by atoms with E-state index in [9.17, 15) is 4.79 Å². The van der Waals surface area contributed by atoms with E-state index >= 15 is 0 Å². The van der Waals surface area contributed by atoms with E-state index in [1.165, 1.54) is 6.42 Å². The van der Waals surface area contributed by atoms with Gasteiger partial charge in [0.15, 0.2) is 5.16 Å². The lowest BCUT2D eigenvalue weighted by atomic mass is 9.97. The highest BCUT2D eigenvalue weighted by Crippen LogP contribution is 2.26. The van der Waals surface area contributed by atoms with Gasteiger partial charge in [-0.25, -0.2) is 4.98 Å². The van der Waals surface area contributed by atoms with E-state index in [4.69, 9.17) is 0 Å². The maximum absolute atomic E-state index is 13.2. The van der Waals surface area contributed by atoms with Gasteiger partial charge in [-0.05, 0) is 56.1 Å². The Balaban J connectivity index is 1.47. The highest BCUT2D eigenvalue weighted by molar-refractivity contribution is 7.98. The Morgan fingerprint density at radius 1 is 1.25 bits per heavy atom. The summed E-state index contributed by atoms with van der Waals surface area (Å²) >= 11 is 1.64. The number of hydrogen-bond acceptors (Lipinski definition) is 4. The van der Waals surface area contributed by atoms with E-state index in [1.54, 1.807) is 11.8 Å². The first-order valence-electron chi connectivity index (χ1n) is 9.84. The van der Waals surface area contributed by atoms with Gasteiger partial charge >= 0.3 is 0 Å². The molecule has 3 aromatic rings. The molecule has 0 radical (unpaired) electrons. The van der Waals surface area contributed by atoms with Crippen molar-refractivity contribution in [1.82, 2.24) is 20.2 Å². The van der Waals surface area contributed by atoms with E-state index in [0.717, 1.165) is 59.1 Å². The third-order valence-corrected chi connectivity index (χ3v) is 6.20. The Kier molecular flexibility index (Phi) is 5.98. The highest BCUT2D eigenvalue weighted by atomic mass is 32.2. The largest absolute Gasteiger partial charge is 0.338 e. The molecule has 5 nitrogen and oxygen atoms in total. The molecule has 1 amide bonds. The minimum absolute atomic E-state index is 0.154. The van der Waals surface area contributed by atoms with Crippen LogP contribution in [0.2, 0.25) is 0 Å². The first-order chi connectivity index (χ1) is 13.7. The topological polar surface area (TPSA) is 61.0 Å². The van der Waals surface area contributed by atoms with Crippen molar-refractivity contribution in [2.75, 3.05) is 26.7 Å². The summed E-state index contributed by atoms with van der Waals surface area (Å²) < 4.78 is 0. The smallest absolute Gasteiger partial charge is 0.254 e. The van der Waals surface area contributed by atoms with Crippen LogP contribution in [0.25, 0.3) is 11.0 Å². The summed E-state index contributed by atoms with van der Waals surface area (Å²) in [5.41, 5.74) is 3.89. The SMILES string of the molecule is CNCC1CCCN(C(=O)c2ccccc2CSc2nc3ccccc3[nH]2)C1. The van der Waals surface area contributed by atoms with Crippen LogP contribution in [0.1, 0.15) is 28.8 Å². The molecule has 2 heterocycles. The van der Waals surface area contributed by atoms with Crippen molar-refractivity contribution >= 4 is 28.7 Å². The number of thioether (sulfide) groups is 1. The van der Waals surface area contributed by atoms with Crippen molar-refractivity contribution in [2.24, 2.45) is 5.92 Å². The Bertz CT molecular complexity index is 919. The molecule has 1 aromatic heterocycles. The number of carbonyl (C=O) groups is 1. The first kappa shape index (κ1) is 19.0. The Morgan fingerprint density at radius 2 is 2.07 bits per heavy atom. The van der Waals surface area contributed by atoms with Gasteiger partial charge in [0.25, 0.3) is 5.91 Å². The summed E-state index contributed by atoms with van der Waals surface area (Å²) in [6.07, 6.45) is 2.27. The van der Waals surface area contributed by atoms with Gasteiger partial charge < -0.3 is 15.2 Å². The number of aromatic nitrogens is 2. The molecule has 0 saturated carbocycles. The normalized spacial score (nSPS) is 17.2. The van der Waals surface area contributed by atoms with E-state index in [0.29, 0.717) is 5.92 Å². The summed E-state index contributed by atoms with van der Waals surface area (Å²) in [5.74, 6) is 1.41. The van der Waals surface area contributed by atoms with Crippen LogP contribution in [0.15, 0.2) is 53.7 Å². The third-order valence-electron chi connectivity index (χ3n) is 5.28. The van der Waals surface area contributed by atoms with E-state index in [-0.39, 0.29) is 5.91 Å². The second kappa shape index (κ2) is 8.80. The molecular formula is C22H26N4OS. The van der Waals surface area contributed by atoms with E-state index in [1.807, 2.05) is 54.4 Å². The molecule has 0 spiro atoms. The standard InChI is InChI=1S/C22H26N4OS/c1-23-13-16-7-6-12-26(14-16)21(27)18-9-3-2-8-17(18)15-28-22-24-19-10-4-5-11-20(19)25-22/h2-5,8-11,16,23H,6-7,12-15H2,1H3,(H,24,25). The van der Waals surface area contributed by atoms with Gasteiger partial charge in [0.2, 0.25) is 0 Å². The Labute approximate surface area is 169 Å². The van der Waals surface area contributed by atoms with Crippen LogP contribution in [-0.2, 0) is 5.75 Å². The summed E-state index contributed by atoms with van der Waals surface area (Å²) in [5, 5.41) is 4.13. The zero-order valence-corrected chi connectivity index (χ0v) is 17.0. The van der Waals surface area contributed by atoms with Crippen LogP contribution in [0.3, 0.4) is 0 Å². The number of imidazole rings is 1. The average Bonchev–Trinajstić information content (AvgIpc) is 3.15. The fraction of sp³-hybridized carbons (Fsp3) is 0.364. The molecule has 1 saturated heterocycles. The first-order valence-corrected chi connectivity index (χ1v) is 10.8. The maximum Gasteiger partial charge on any atom is 0.254 e. The molecule has 2 aromatic carbocycles. The number of nitrogens with one attached hydrogen (secondary N) is 2. The second-order valence-corrected chi connectivity index (χ2v) is 8.29. The van der Waals surface area contributed by atoms with Crippen molar-refractivity contribution in [3.8, 4) is 0 Å². The Hall–Kier alpha value is -2.31. The third kappa shape index (κ3) is 4.23. The van der Waals surface area contributed by atoms with Crippen LogP contribution >= 0.6 is 11.8 Å². The number of para-hydroxylation sites is 2. The maximum atomic E-state index is 13.2. The molecular weight excluding hydrogens is 368 g/mol. The van der Waals surface area contributed by atoms with Crippen molar-refractivity contribution in [3.05, 3.63) is 59.7 Å². The molecule has 1 aliphatic heterocycles. The lowest BCUT2D eigenvalue weighted by molar-refractivity contribution is 0.0673. The predicted octanol–water partition coefficient (Wildman–Crippen LogP) is 3.93. The summed E-state index contributed by atoms with van der Waals surface area (Å²) in [4.78, 5) is 23.2. The number of rotatable bonds is 6. The van der Waals surface area contributed by atoms with Crippen molar-refractivity contribution in [1.29, 1.82) is 0 Å². The molecule has 28 heavy (non-hydrogen) atoms. The molecule has 0 aliphatic carbocycles. The van der Waals surface area contributed by atoms with Gasteiger partial charge in [-0.1, -0.05) is 42.1 Å². The molecule has 1 atom stereocenters. The lowest BCUT2D eigenvalue weighted by Gasteiger charge is -2.33. The minimum atomic E-state index is 0.154. The second-order valence-electron chi connectivity index (χ2n) is 7.32. The quantitative estimate of drug-likeness (QED) is 0.622. The van der Waals surface area contributed by atoms with Crippen LogP contribution in [0.5, 0.6) is 0 Å². The lowest BCUT2D eigenvalue weighted by Crippen LogP contribution is -2.42. The molecule has 6 heteroatoms. The number of amides is 1. The van der Waals surface area contributed by atoms with Crippen LogP contribution in [0, 0.1) is 5.92 Å². The van der Waals surface area contributed by atoms with Crippen LogP contribution in [-0.4, -0.2) is 47.5 Å². The number of H-pyrrole nitrogens is 1. The number of piperidine rings is 1. The summed E-state index contributed by atoms with van der Waals surface area (Å²) in [7, 11) is 1.98. The fourth-order valence-electron chi connectivity index (χ4n) is 3.87. The molecule has 146 valence electrons. The average molecular weight is 395 g/mol. The van der Waals surface area contributed by atoms with E-state index in [2.05, 4.69) is 21.4 Å². The molecule has 2 N–H and O–H groups in total. The van der Waals surface area contributed by atoms with Gasteiger partial charge in [0.1, 0.15) is 0 Å². The van der Waals surface area contributed by atoms with Gasteiger partial charge in [0.05, 0.1) is 11.0 Å². The molecule has 1 fully saturated rings. The number of hydrogen-bond donors (Lipinski definition) is 2. The fourth-order valence-corrected chi connectivity index (χ4v) is 4.76. The highest BCUT2D eigenvalue weighted by Gasteiger charge is 2.25. The zero-order chi connectivity index (χ0) is 19.3.